The van der Waals surface area contributed by atoms with Gasteiger partial charge in [-0.25, -0.2) is 0 Å². The van der Waals surface area contributed by atoms with Gasteiger partial charge in [-0.2, -0.15) is 0 Å². The van der Waals surface area contributed by atoms with Crippen LogP contribution in [0.1, 0.15) is 26.3 Å². The van der Waals surface area contributed by atoms with Crippen LogP contribution >= 0.6 is 11.6 Å². The summed E-state index contributed by atoms with van der Waals surface area (Å²) >= 11 is 6.18. The average Bonchev–Trinajstić information content (AvgIpc) is 2.37. The second-order valence-corrected chi connectivity index (χ2v) is 6.52. The van der Waals surface area contributed by atoms with E-state index in [2.05, 4.69) is 5.32 Å². The summed E-state index contributed by atoms with van der Waals surface area (Å²) in [6.45, 7) is 8.28. The van der Waals surface area contributed by atoms with Gasteiger partial charge in [0.15, 0.2) is 11.5 Å². The van der Waals surface area contributed by atoms with Crippen molar-refractivity contribution in [1.82, 2.24) is 5.32 Å². The maximum absolute atomic E-state index is 9.98. The van der Waals surface area contributed by atoms with Gasteiger partial charge in [0.25, 0.3) is 0 Å². The van der Waals surface area contributed by atoms with E-state index in [4.69, 9.17) is 21.1 Å². The third kappa shape index (κ3) is 3.78. The largest absolute Gasteiger partial charge is 0.486 e. The number of fused-ring (bicyclic) bond motifs is 1. The Morgan fingerprint density at radius 1 is 1.30 bits per heavy atom. The summed E-state index contributed by atoms with van der Waals surface area (Å²) in [6, 6.07) is 3.79. The summed E-state index contributed by atoms with van der Waals surface area (Å²) in [6.07, 6.45) is -0.393. The van der Waals surface area contributed by atoms with E-state index in [0.717, 1.165) is 5.56 Å². The monoisotopic (exact) mass is 299 g/mol. The van der Waals surface area contributed by atoms with Crippen LogP contribution in [0.4, 0.5) is 0 Å². The third-order valence-corrected chi connectivity index (χ3v) is 3.60. The fourth-order valence-corrected chi connectivity index (χ4v) is 2.21. The maximum Gasteiger partial charge on any atom is 0.179 e. The molecule has 1 heterocycles. The Morgan fingerprint density at radius 2 is 2.00 bits per heavy atom. The van der Waals surface area contributed by atoms with Gasteiger partial charge in [0.05, 0.1) is 11.1 Å². The highest BCUT2D eigenvalue weighted by molar-refractivity contribution is 6.32. The summed E-state index contributed by atoms with van der Waals surface area (Å²) in [4.78, 5) is 0. The molecular weight excluding hydrogens is 278 g/mol. The fraction of sp³-hybridized carbons (Fsp3) is 0.600. The van der Waals surface area contributed by atoms with E-state index < -0.39 is 6.10 Å². The molecule has 2 rings (SSSR count). The van der Waals surface area contributed by atoms with Crippen LogP contribution in [0.25, 0.3) is 0 Å². The van der Waals surface area contributed by atoms with Gasteiger partial charge in [0.1, 0.15) is 13.2 Å². The van der Waals surface area contributed by atoms with Gasteiger partial charge in [0, 0.05) is 13.1 Å². The molecule has 1 atom stereocenters. The number of ether oxygens (including phenoxy) is 2. The molecular formula is C15H22ClNO3. The summed E-state index contributed by atoms with van der Waals surface area (Å²) in [5.41, 5.74) is 0.887. The minimum atomic E-state index is -0.393. The minimum Gasteiger partial charge on any atom is -0.486 e. The summed E-state index contributed by atoms with van der Waals surface area (Å²) < 4.78 is 11.0. The van der Waals surface area contributed by atoms with Crippen molar-refractivity contribution in [2.45, 2.75) is 33.4 Å². The van der Waals surface area contributed by atoms with Crippen LogP contribution in [-0.4, -0.2) is 31.0 Å². The van der Waals surface area contributed by atoms with Gasteiger partial charge in [-0.05, 0) is 23.1 Å². The molecule has 1 aliphatic heterocycles. The van der Waals surface area contributed by atoms with Crippen molar-refractivity contribution >= 4 is 11.6 Å². The smallest absolute Gasteiger partial charge is 0.179 e. The number of aliphatic hydroxyl groups is 1. The van der Waals surface area contributed by atoms with E-state index in [1.165, 1.54) is 0 Å². The molecule has 20 heavy (non-hydrogen) atoms. The van der Waals surface area contributed by atoms with Gasteiger partial charge < -0.3 is 19.9 Å². The van der Waals surface area contributed by atoms with E-state index >= 15 is 0 Å². The highest BCUT2D eigenvalue weighted by atomic mass is 35.5. The number of hydrogen-bond acceptors (Lipinski definition) is 4. The van der Waals surface area contributed by atoms with Gasteiger partial charge in [-0.3, -0.25) is 0 Å². The molecule has 0 bridgehead atoms. The lowest BCUT2D eigenvalue weighted by atomic mass is 9.89. The Balaban J connectivity index is 1.95. The highest BCUT2D eigenvalue weighted by Gasteiger charge is 2.21. The molecule has 0 aliphatic carbocycles. The second kappa shape index (κ2) is 6.20. The first-order valence-corrected chi connectivity index (χ1v) is 7.22. The van der Waals surface area contributed by atoms with E-state index in [-0.39, 0.29) is 5.41 Å². The van der Waals surface area contributed by atoms with Crippen LogP contribution < -0.4 is 14.8 Å². The average molecular weight is 300 g/mol. The van der Waals surface area contributed by atoms with Crippen LogP contribution in [0.3, 0.4) is 0 Å². The predicted molar refractivity (Wildman–Crippen MR) is 79.6 cm³/mol. The molecule has 2 N–H and O–H groups in total. The molecule has 1 unspecified atom stereocenters. The van der Waals surface area contributed by atoms with Gasteiger partial charge >= 0.3 is 0 Å². The lowest BCUT2D eigenvalue weighted by molar-refractivity contribution is 0.0627. The number of halogens is 1. The summed E-state index contributed by atoms with van der Waals surface area (Å²) in [5, 5.41) is 13.8. The third-order valence-electron chi connectivity index (χ3n) is 3.32. The highest BCUT2D eigenvalue weighted by Crippen LogP contribution is 2.38. The zero-order valence-corrected chi connectivity index (χ0v) is 13.0. The molecule has 0 spiro atoms. The number of nitrogens with one attached hydrogen (secondary N) is 1. The lowest BCUT2D eigenvalue weighted by Crippen LogP contribution is -2.36. The number of benzene rings is 1. The van der Waals surface area contributed by atoms with Crippen molar-refractivity contribution in [3.8, 4) is 11.5 Å². The van der Waals surface area contributed by atoms with Gasteiger partial charge in [0.2, 0.25) is 0 Å². The van der Waals surface area contributed by atoms with Crippen molar-refractivity contribution in [1.29, 1.82) is 0 Å². The zero-order valence-electron chi connectivity index (χ0n) is 12.2. The summed E-state index contributed by atoms with van der Waals surface area (Å²) in [7, 11) is 0. The molecule has 0 saturated heterocycles. The molecule has 0 saturated carbocycles. The predicted octanol–water partition coefficient (Wildman–Crippen LogP) is 2.61. The first-order chi connectivity index (χ1) is 9.38. The molecule has 5 heteroatoms. The molecule has 4 nitrogen and oxygen atoms in total. The van der Waals surface area contributed by atoms with E-state index in [0.29, 0.717) is 42.8 Å². The van der Waals surface area contributed by atoms with E-state index in [1.807, 2.05) is 32.9 Å². The Kier molecular flexibility index (Phi) is 4.78. The number of rotatable bonds is 4. The Morgan fingerprint density at radius 3 is 2.70 bits per heavy atom. The normalized spacial score (nSPS) is 16.1. The first kappa shape index (κ1) is 15.4. The molecule has 0 radical (unpaired) electrons. The minimum absolute atomic E-state index is 0.128. The van der Waals surface area contributed by atoms with Gasteiger partial charge in [-0.1, -0.05) is 32.4 Å². The van der Waals surface area contributed by atoms with E-state index in [1.54, 1.807) is 0 Å². The fourth-order valence-electron chi connectivity index (χ4n) is 1.93. The molecule has 0 fully saturated rings. The van der Waals surface area contributed by atoms with Crippen LogP contribution in [0, 0.1) is 5.41 Å². The number of aliphatic hydroxyl groups excluding tert-OH is 1. The van der Waals surface area contributed by atoms with Crippen molar-refractivity contribution in [3.05, 3.63) is 22.7 Å². The SMILES string of the molecule is CC(C)(C)C(O)CNCc1cc(Cl)c2c(c1)OCCO2. The topological polar surface area (TPSA) is 50.7 Å². The van der Waals surface area contributed by atoms with Crippen molar-refractivity contribution in [2.24, 2.45) is 5.41 Å². The second-order valence-electron chi connectivity index (χ2n) is 6.11. The molecule has 1 aliphatic rings. The van der Waals surface area contributed by atoms with Gasteiger partial charge in [-0.15, -0.1) is 0 Å². The molecule has 0 aromatic heterocycles. The Hall–Kier alpha value is -0.970. The van der Waals surface area contributed by atoms with E-state index in [9.17, 15) is 5.11 Å². The molecule has 112 valence electrons. The molecule has 1 aromatic carbocycles. The lowest BCUT2D eigenvalue weighted by Gasteiger charge is -2.26. The summed E-state index contributed by atoms with van der Waals surface area (Å²) in [5.74, 6) is 1.31. The zero-order chi connectivity index (χ0) is 14.8. The first-order valence-electron chi connectivity index (χ1n) is 6.85. The molecule has 1 aromatic rings. The van der Waals surface area contributed by atoms with Crippen LogP contribution in [-0.2, 0) is 6.54 Å². The van der Waals surface area contributed by atoms with Crippen molar-refractivity contribution in [2.75, 3.05) is 19.8 Å². The maximum atomic E-state index is 9.98. The van der Waals surface area contributed by atoms with Crippen LogP contribution in [0.15, 0.2) is 12.1 Å². The quantitative estimate of drug-likeness (QED) is 0.897. The van der Waals surface area contributed by atoms with Crippen molar-refractivity contribution in [3.63, 3.8) is 0 Å². The Labute approximate surface area is 125 Å². The van der Waals surface area contributed by atoms with Crippen LogP contribution in [0.2, 0.25) is 5.02 Å². The number of hydrogen-bond donors (Lipinski definition) is 2. The molecule has 0 amide bonds. The van der Waals surface area contributed by atoms with Crippen LogP contribution in [0.5, 0.6) is 11.5 Å². The Bertz CT molecular complexity index is 471. The standard InChI is InChI=1S/C15H22ClNO3/c1-15(2,3)13(18)9-17-8-10-6-11(16)14-12(7-10)19-4-5-20-14/h6-7,13,17-18H,4-5,8-9H2,1-3H3. The van der Waals surface area contributed by atoms with Crippen molar-refractivity contribution < 1.29 is 14.6 Å².